The number of carbonyl (C=O) groups excluding carboxylic acids is 4. The summed E-state index contributed by atoms with van der Waals surface area (Å²) in [5, 5.41) is 12.7. The Balaban J connectivity index is 1.26. The summed E-state index contributed by atoms with van der Waals surface area (Å²) < 4.78 is 0. The van der Waals surface area contributed by atoms with Crippen LogP contribution in [0.15, 0.2) is 42.5 Å². The monoisotopic (exact) mass is 489 g/mol. The molecule has 2 atom stereocenters. The number of phenols is 1. The Morgan fingerprint density at radius 2 is 1.56 bits per heavy atom. The molecule has 2 aliphatic heterocycles. The van der Waals surface area contributed by atoms with Gasteiger partial charge in [0.05, 0.1) is 23.2 Å². The molecule has 2 saturated heterocycles. The first-order chi connectivity index (χ1) is 17.3. The van der Waals surface area contributed by atoms with Gasteiger partial charge in [0, 0.05) is 24.6 Å². The molecule has 3 fully saturated rings. The second kappa shape index (κ2) is 9.76. The Kier molecular flexibility index (Phi) is 6.51. The molecule has 2 heterocycles. The molecule has 36 heavy (non-hydrogen) atoms. The van der Waals surface area contributed by atoms with Gasteiger partial charge in [0.2, 0.25) is 17.7 Å². The lowest BCUT2D eigenvalue weighted by Crippen LogP contribution is -2.41. The number of fused-ring (bicyclic) bond motifs is 1. The molecule has 2 unspecified atom stereocenters. The Labute approximate surface area is 210 Å². The van der Waals surface area contributed by atoms with Crippen LogP contribution in [0.3, 0.4) is 0 Å². The zero-order chi connectivity index (χ0) is 25.4. The van der Waals surface area contributed by atoms with Crippen LogP contribution in [-0.2, 0) is 14.4 Å². The van der Waals surface area contributed by atoms with Crippen molar-refractivity contribution < 1.29 is 24.3 Å². The smallest absolute Gasteiger partial charge is 0.253 e. The second-order valence-corrected chi connectivity index (χ2v) is 10.1. The van der Waals surface area contributed by atoms with Crippen molar-refractivity contribution in [2.24, 2.45) is 17.8 Å². The van der Waals surface area contributed by atoms with Crippen LogP contribution in [0.2, 0.25) is 0 Å². The van der Waals surface area contributed by atoms with Gasteiger partial charge in [0.25, 0.3) is 5.91 Å². The highest BCUT2D eigenvalue weighted by molar-refractivity contribution is 6.22. The maximum Gasteiger partial charge on any atom is 0.253 e. The predicted molar refractivity (Wildman–Crippen MR) is 134 cm³/mol. The number of likely N-dealkylation sites (tertiary alicyclic amines) is 1. The third-order valence-corrected chi connectivity index (χ3v) is 7.85. The SMILES string of the molecule is Cc1ccc(C(=O)N2CCC(C(=O)Nc3ccccc3O)CC2)cc1N1C(=O)C2CCCCC2C1=O. The van der Waals surface area contributed by atoms with Crippen LogP contribution in [0.5, 0.6) is 5.75 Å². The average Bonchev–Trinajstić information content (AvgIpc) is 3.15. The lowest BCUT2D eigenvalue weighted by Gasteiger charge is -2.31. The molecule has 2 aromatic rings. The standard InChI is InChI=1S/C28H31N3O5/c1-17-10-11-19(16-23(17)31-27(35)20-6-2-3-7-21(20)28(31)36)26(34)30-14-12-18(13-15-30)25(33)29-22-8-4-5-9-24(22)32/h4-5,8-11,16,18,20-21,32H,2-3,6-7,12-15H2,1H3,(H,29,33). The number of benzene rings is 2. The van der Waals surface area contributed by atoms with Crippen molar-refractivity contribution in [2.45, 2.75) is 45.4 Å². The number of carbonyl (C=O) groups is 4. The summed E-state index contributed by atoms with van der Waals surface area (Å²) in [5.41, 5.74) is 2.09. The lowest BCUT2D eigenvalue weighted by molar-refractivity contribution is -0.123. The number of imide groups is 1. The van der Waals surface area contributed by atoms with Crippen LogP contribution >= 0.6 is 0 Å². The Hall–Kier alpha value is -3.68. The zero-order valence-electron chi connectivity index (χ0n) is 20.4. The first-order valence-corrected chi connectivity index (χ1v) is 12.7. The second-order valence-electron chi connectivity index (χ2n) is 10.1. The summed E-state index contributed by atoms with van der Waals surface area (Å²) in [6, 6.07) is 11.8. The van der Waals surface area contributed by atoms with Crippen LogP contribution < -0.4 is 10.2 Å². The van der Waals surface area contributed by atoms with Gasteiger partial charge in [-0.15, -0.1) is 0 Å². The van der Waals surface area contributed by atoms with Gasteiger partial charge in [-0.1, -0.05) is 31.0 Å². The van der Waals surface area contributed by atoms with Crippen molar-refractivity contribution in [2.75, 3.05) is 23.3 Å². The number of anilines is 2. The van der Waals surface area contributed by atoms with Gasteiger partial charge in [0.1, 0.15) is 5.75 Å². The number of piperidine rings is 1. The molecular formula is C28H31N3O5. The molecule has 0 bridgehead atoms. The molecule has 3 aliphatic rings. The van der Waals surface area contributed by atoms with Gasteiger partial charge >= 0.3 is 0 Å². The normalized spacial score (nSPS) is 22.5. The summed E-state index contributed by atoms with van der Waals surface area (Å²) in [4.78, 5) is 55.2. The number of aromatic hydroxyl groups is 1. The fraction of sp³-hybridized carbons (Fsp3) is 0.429. The maximum absolute atomic E-state index is 13.3. The van der Waals surface area contributed by atoms with Crippen LogP contribution in [0, 0.1) is 24.7 Å². The third-order valence-electron chi connectivity index (χ3n) is 7.85. The summed E-state index contributed by atoms with van der Waals surface area (Å²) >= 11 is 0. The lowest BCUT2D eigenvalue weighted by atomic mass is 9.81. The highest BCUT2D eigenvalue weighted by Gasteiger charge is 2.49. The average molecular weight is 490 g/mol. The summed E-state index contributed by atoms with van der Waals surface area (Å²) in [7, 11) is 0. The zero-order valence-corrected chi connectivity index (χ0v) is 20.4. The quantitative estimate of drug-likeness (QED) is 0.501. The van der Waals surface area contributed by atoms with Crippen LogP contribution in [-0.4, -0.2) is 46.7 Å². The number of nitrogens with one attached hydrogen (secondary N) is 1. The Morgan fingerprint density at radius 3 is 2.19 bits per heavy atom. The number of nitrogens with zero attached hydrogens (tertiary/aromatic N) is 2. The van der Waals surface area contributed by atoms with Crippen LogP contribution in [0.25, 0.3) is 0 Å². The molecule has 8 heteroatoms. The van der Waals surface area contributed by atoms with E-state index in [2.05, 4.69) is 5.32 Å². The highest BCUT2D eigenvalue weighted by atomic mass is 16.3. The van der Waals surface area contributed by atoms with Crippen molar-refractivity contribution in [3.63, 3.8) is 0 Å². The minimum Gasteiger partial charge on any atom is -0.506 e. The van der Waals surface area contributed by atoms with E-state index < -0.39 is 0 Å². The fourth-order valence-electron chi connectivity index (χ4n) is 5.72. The number of hydrogen-bond acceptors (Lipinski definition) is 5. The van der Waals surface area contributed by atoms with E-state index in [0.717, 1.165) is 31.2 Å². The van der Waals surface area contributed by atoms with Gasteiger partial charge in [0.15, 0.2) is 0 Å². The molecule has 5 rings (SSSR count). The number of hydrogen-bond donors (Lipinski definition) is 2. The maximum atomic E-state index is 13.3. The molecule has 0 radical (unpaired) electrons. The van der Waals surface area contributed by atoms with E-state index in [9.17, 15) is 24.3 Å². The molecule has 2 N–H and O–H groups in total. The molecule has 1 saturated carbocycles. The molecule has 188 valence electrons. The third kappa shape index (κ3) is 4.36. The van der Waals surface area contributed by atoms with E-state index in [1.165, 1.54) is 11.0 Å². The van der Waals surface area contributed by atoms with Crippen molar-refractivity contribution in [1.29, 1.82) is 0 Å². The van der Waals surface area contributed by atoms with E-state index >= 15 is 0 Å². The summed E-state index contributed by atoms with van der Waals surface area (Å²) in [5.74, 6) is -1.36. The van der Waals surface area contributed by atoms with E-state index in [0.29, 0.717) is 42.9 Å². The fourth-order valence-corrected chi connectivity index (χ4v) is 5.72. The van der Waals surface area contributed by atoms with Gasteiger partial charge in [-0.25, -0.2) is 4.90 Å². The molecule has 0 spiro atoms. The van der Waals surface area contributed by atoms with E-state index in [1.54, 1.807) is 41.3 Å². The number of phenolic OH excluding ortho intramolecular Hbond substituents is 1. The molecule has 4 amide bonds. The van der Waals surface area contributed by atoms with Crippen molar-refractivity contribution in [3.8, 4) is 5.75 Å². The van der Waals surface area contributed by atoms with Gasteiger partial charge in [-0.3, -0.25) is 19.2 Å². The molecule has 2 aromatic carbocycles. The van der Waals surface area contributed by atoms with Crippen molar-refractivity contribution >= 4 is 35.0 Å². The van der Waals surface area contributed by atoms with Crippen LogP contribution in [0.4, 0.5) is 11.4 Å². The number of para-hydroxylation sites is 2. The topological polar surface area (TPSA) is 107 Å². The number of rotatable bonds is 4. The van der Waals surface area contributed by atoms with Gasteiger partial charge in [-0.05, 0) is 62.4 Å². The van der Waals surface area contributed by atoms with Crippen molar-refractivity contribution in [1.82, 2.24) is 4.90 Å². The largest absolute Gasteiger partial charge is 0.506 e. The first kappa shape index (κ1) is 24.0. The highest BCUT2D eigenvalue weighted by Crippen LogP contribution is 2.41. The predicted octanol–water partition coefficient (Wildman–Crippen LogP) is 3.87. The van der Waals surface area contributed by atoms with E-state index in [1.807, 2.05) is 6.92 Å². The number of aryl methyl sites for hydroxylation is 1. The minimum atomic E-state index is -0.259. The van der Waals surface area contributed by atoms with Gasteiger partial charge in [-0.2, -0.15) is 0 Å². The first-order valence-electron chi connectivity index (χ1n) is 12.7. The molecule has 8 nitrogen and oxygen atoms in total. The summed E-state index contributed by atoms with van der Waals surface area (Å²) in [6.07, 6.45) is 4.44. The van der Waals surface area contributed by atoms with Crippen molar-refractivity contribution in [3.05, 3.63) is 53.6 Å². The van der Waals surface area contributed by atoms with Crippen LogP contribution in [0.1, 0.15) is 54.4 Å². The Morgan fingerprint density at radius 1 is 0.917 bits per heavy atom. The molecular weight excluding hydrogens is 458 g/mol. The van der Waals surface area contributed by atoms with E-state index in [-0.39, 0.29) is 47.1 Å². The number of amides is 4. The van der Waals surface area contributed by atoms with E-state index in [4.69, 9.17) is 0 Å². The summed E-state index contributed by atoms with van der Waals surface area (Å²) in [6.45, 7) is 2.69. The van der Waals surface area contributed by atoms with Gasteiger partial charge < -0.3 is 15.3 Å². The molecule has 1 aliphatic carbocycles. The molecule has 0 aromatic heterocycles. The minimum absolute atomic E-state index is 0.0165. The Bertz CT molecular complexity index is 1190.